The molecule has 2 unspecified atom stereocenters. The summed E-state index contributed by atoms with van der Waals surface area (Å²) in [5.41, 5.74) is 2.63. The number of carbonyl (C=O) groups is 1. The SMILES string of the molecule is Cc1cc(C(=O)N2CC(CO)CC(CN3CCOCC3)C2)cnc1C. The Hall–Kier alpha value is -1.50. The number of carbonyl (C=O) groups excluding carboxylic acids is 1. The second kappa shape index (κ2) is 8.25. The van der Waals surface area contributed by atoms with Crippen molar-refractivity contribution in [2.45, 2.75) is 20.3 Å². The molecule has 3 rings (SSSR count). The lowest BCUT2D eigenvalue weighted by atomic mass is 9.88. The fourth-order valence-electron chi connectivity index (χ4n) is 3.84. The summed E-state index contributed by atoms with van der Waals surface area (Å²) in [6.45, 7) is 9.88. The van der Waals surface area contributed by atoms with Gasteiger partial charge in [-0.25, -0.2) is 0 Å². The average Bonchev–Trinajstić information content (AvgIpc) is 2.64. The molecule has 6 nitrogen and oxygen atoms in total. The molecule has 2 aliphatic rings. The van der Waals surface area contributed by atoms with Crippen molar-refractivity contribution in [3.8, 4) is 0 Å². The van der Waals surface area contributed by atoms with Crippen LogP contribution in [0, 0.1) is 25.7 Å². The Kier molecular flexibility index (Phi) is 6.04. The maximum Gasteiger partial charge on any atom is 0.255 e. The number of ether oxygens (including phenoxy) is 1. The lowest BCUT2D eigenvalue weighted by Crippen LogP contribution is -2.49. The summed E-state index contributed by atoms with van der Waals surface area (Å²) >= 11 is 0. The van der Waals surface area contributed by atoms with Gasteiger partial charge in [-0.2, -0.15) is 0 Å². The molecule has 0 radical (unpaired) electrons. The van der Waals surface area contributed by atoms with Crippen LogP contribution in [0.25, 0.3) is 0 Å². The average molecular weight is 347 g/mol. The lowest BCUT2D eigenvalue weighted by molar-refractivity contribution is 0.0130. The molecule has 0 aliphatic carbocycles. The van der Waals surface area contributed by atoms with Crippen molar-refractivity contribution in [3.63, 3.8) is 0 Å². The van der Waals surface area contributed by atoms with Crippen LogP contribution in [-0.2, 0) is 4.74 Å². The number of aryl methyl sites for hydroxylation is 2. The van der Waals surface area contributed by atoms with E-state index in [2.05, 4.69) is 9.88 Å². The summed E-state index contributed by atoms with van der Waals surface area (Å²) < 4.78 is 5.42. The molecule has 0 spiro atoms. The number of nitrogens with zero attached hydrogens (tertiary/aromatic N) is 3. The molecule has 0 aromatic carbocycles. The fourth-order valence-corrected chi connectivity index (χ4v) is 3.84. The monoisotopic (exact) mass is 347 g/mol. The van der Waals surface area contributed by atoms with E-state index in [1.54, 1.807) is 6.20 Å². The minimum Gasteiger partial charge on any atom is -0.396 e. The van der Waals surface area contributed by atoms with E-state index in [0.29, 0.717) is 18.0 Å². The number of rotatable bonds is 4. The Morgan fingerprint density at radius 2 is 2.00 bits per heavy atom. The van der Waals surface area contributed by atoms with Crippen molar-refractivity contribution < 1.29 is 14.6 Å². The Bertz CT molecular complexity index is 602. The molecule has 2 fully saturated rings. The third-order valence-corrected chi connectivity index (χ3v) is 5.38. The van der Waals surface area contributed by atoms with Gasteiger partial charge in [-0.3, -0.25) is 14.7 Å². The summed E-state index contributed by atoms with van der Waals surface area (Å²) in [5, 5.41) is 9.68. The van der Waals surface area contributed by atoms with E-state index in [1.807, 2.05) is 24.8 Å². The van der Waals surface area contributed by atoms with E-state index in [1.165, 1.54) is 0 Å². The predicted molar refractivity (Wildman–Crippen MR) is 95.6 cm³/mol. The zero-order chi connectivity index (χ0) is 17.8. The van der Waals surface area contributed by atoms with Crippen LogP contribution < -0.4 is 0 Å². The summed E-state index contributed by atoms with van der Waals surface area (Å²) in [5.74, 6) is 0.580. The number of pyridine rings is 1. The van der Waals surface area contributed by atoms with Gasteiger partial charge in [-0.15, -0.1) is 0 Å². The van der Waals surface area contributed by atoms with Crippen molar-refractivity contribution in [2.24, 2.45) is 11.8 Å². The third kappa shape index (κ3) is 4.57. The second-order valence-electron chi connectivity index (χ2n) is 7.40. The summed E-state index contributed by atoms with van der Waals surface area (Å²) in [6, 6.07) is 1.92. The Morgan fingerprint density at radius 3 is 2.68 bits per heavy atom. The molecule has 1 aromatic heterocycles. The molecule has 2 atom stereocenters. The molecule has 3 heterocycles. The maximum absolute atomic E-state index is 12.9. The van der Waals surface area contributed by atoms with Gasteiger partial charge in [0.05, 0.1) is 18.8 Å². The highest BCUT2D eigenvalue weighted by Gasteiger charge is 2.31. The van der Waals surface area contributed by atoms with Crippen molar-refractivity contribution in [2.75, 3.05) is 52.5 Å². The summed E-state index contributed by atoms with van der Waals surface area (Å²) in [4.78, 5) is 21.6. The highest BCUT2D eigenvalue weighted by Crippen LogP contribution is 2.24. The van der Waals surface area contributed by atoms with Crippen LogP contribution in [-0.4, -0.2) is 78.3 Å². The quantitative estimate of drug-likeness (QED) is 0.884. The number of piperidine rings is 1. The number of morpholine rings is 1. The smallest absolute Gasteiger partial charge is 0.255 e. The molecule has 1 N–H and O–H groups in total. The van der Waals surface area contributed by atoms with Gasteiger partial charge in [0, 0.05) is 51.2 Å². The van der Waals surface area contributed by atoms with Gasteiger partial charge < -0.3 is 14.7 Å². The first-order valence-electron chi connectivity index (χ1n) is 9.20. The summed E-state index contributed by atoms with van der Waals surface area (Å²) in [6.07, 6.45) is 2.65. The fraction of sp³-hybridized carbons (Fsp3) is 0.684. The first-order chi connectivity index (χ1) is 12.1. The minimum atomic E-state index is 0.0285. The Labute approximate surface area is 149 Å². The number of aliphatic hydroxyl groups excluding tert-OH is 1. The van der Waals surface area contributed by atoms with Gasteiger partial charge in [0.15, 0.2) is 0 Å². The van der Waals surface area contributed by atoms with E-state index in [0.717, 1.165) is 57.1 Å². The molecule has 138 valence electrons. The van der Waals surface area contributed by atoms with E-state index in [-0.39, 0.29) is 18.4 Å². The van der Waals surface area contributed by atoms with Crippen LogP contribution in [0.3, 0.4) is 0 Å². The number of amides is 1. The van der Waals surface area contributed by atoms with Crippen LogP contribution >= 0.6 is 0 Å². The minimum absolute atomic E-state index is 0.0285. The number of likely N-dealkylation sites (tertiary alicyclic amines) is 1. The Balaban J connectivity index is 1.68. The van der Waals surface area contributed by atoms with E-state index in [4.69, 9.17) is 4.74 Å². The lowest BCUT2D eigenvalue weighted by Gasteiger charge is -2.40. The zero-order valence-corrected chi connectivity index (χ0v) is 15.3. The van der Waals surface area contributed by atoms with Gasteiger partial charge in [0.1, 0.15) is 0 Å². The normalized spacial score (nSPS) is 25.2. The highest BCUT2D eigenvalue weighted by molar-refractivity contribution is 5.94. The maximum atomic E-state index is 12.9. The largest absolute Gasteiger partial charge is 0.396 e. The van der Waals surface area contributed by atoms with Crippen LogP contribution in [0.2, 0.25) is 0 Å². The molecule has 25 heavy (non-hydrogen) atoms. The number of hydrogen-bond acceptors (Lipinski definition) is 5. The van der Waals surface area contributed by atoms with Gasteiger partial charge in [0.25, 0.3) is 5.91 Å². The standard InChI is InChI=1S/C19H29N3O3/c1-14-7-18(9-20-15(14)2)19(24)22-11-16(8-17(12-22)13-23)10-21-3-5-25-6-4-21/h7,9,16-17,23H,3-6,8,10-13H2,1-2H3. The molecular formula is C19H29N3O3. The first-order valence-corrected chi connectivity index (χ1v) is 9.20. The molecule has 1 amide bonds. The Morgan fingerprint density at radius 1 is 1.28 bits per heavy atom. The van der Waals surface area contributed by atoms with Crippen LogP contribution in [0.15, 0.2) is 12.3 Å². The van der Waals surface area contributed by atoms with Gasteiger partial charge in [-0.1, -0.05) is 0 Å². The van der Waals surface area contributed by atoms with Crippen LogP contribution in [0.4, 0.5) is 0 Å². The van der Waals surface area contributed by atoms with E-state index in [9.17, 15) is 9.90 Å². The number of aliphatic hydroxyl groups is 1. The molecular weight excluding hydrogens is 318 g/mol. The molecule has 2 aliphatic heterocycles. The molecule has 1 aromatic rings. The number of hydrogen-bond donors (Lipinski definition) is 1. The van der Waals surface area contributed by atoms with E-state index < -0.39 is 0 Å². The van der Waals surface area contributed by atoms with Gasteiger partial charge >= 0.3 is 0 Å². The zero-order valence-electron chi connectivity index (χ0n) is 15.3. The van der Waals surface area contributed by atoms with Crippen molar-refractivity contribution in [1.82, 2.24) is 14.8 Å². The third-order valence-electron chi connectivity index (χ3n) is 5.38. The molecule has 0 saturated carbocycles. The first kappa shape index (κ1) is 18.3. The molecule has 2 saturated heterocycles. The number of aromatic nitrogens is 1. The van der Waals surface area contributed by atoms with Gasteiger partial charge in [-0.05, 0) is 43.7 Å². The van der Waals surface area contributed by atoms with Crippen molar-refractivity contribution >= 4 is 5.91 Å². The predicted octanol–water partition coefficient (Wildman–Crippen LogP) is 1.10. The van der Waals surface area contributed by atoms with Crippen molar-refractivity contribution in [1.29, 1.82) is 0 Å². The van der Waals surface area contributed by atoms with Gasteiger partial charge in [0.2, 0.25) is 0 Å². The molecule has 0 bridgehead atoms. The topological polar surface area (TPSA) is 65.9 Å². The summed E-state index contributed by atoms with van der Waals surface area (Å²) in [7, 11) is 0. The van der Waals surface area contributed by atoms with Crippen LogP contribution in [0.1, 0.15) is 28.0 Å². The van der Waals surface area contributed by atoms with Crippen LogP contribution in [0.5, 0.6) is 0 Å². The second-order valence-corrected chi connectivity index (χ2v) is 7.40. The molecule has 6 heteroatoms. The highest BCUT2D eigenvalue weighted by atomic mass is 16.5. The van der Waals surface area contributed by atoms with E-state index >= 15 is 0 Å². The van der Waals surface area contributed by atoms with Crippen molar-refractivity contribution in [3.05, 3.63) is 29.1 Å².